The average molecular weight is 247 g/mol. The summed E-state index contributed by atoms with van der Waals surface area (Å²) >= 11 is 0. The van der Waals surface area contributed by atoms with Crippen molar-refractivity contribution < 1.29 is 9.59 Å². The van der Waals surface area contributed by atoms with Crippen molar-refractivity contribution in [2.24, 2.45) is 5.92 Å². The molecule has 0 spiro atoms. The molecule has 2 amide bonds. The first kappa shape index (κ1) is 12.5. The van der Waals surface area contributed by atoms with Crippen molar-refractivity contribution in [1.82, 2.24) is 10.3 Å². The lowest BCUT2D eigenvalue weighted by atomic mass is 10.00. The Morgan fingerprint density at radius 2 is 2.17 bits per heavy atom. The zero-order valence-corrected chi connectivity index (χ0v) is 10.8. The highest BCUT2D eigenvalue weighted by atomic mass is 16.2. The molecule has 1 aromatic heterocycles. The van der Waals surface area contributed by atoms with E-state index in [4.69, 9.17) is 0 Å². The summed E-state index contributed by atoms with van der Waals surface area (Å²) in [6.07, 6.45) is 1.67. The van der Waals surface area contributed by atoms with Gasteiger partial charge in [-0.2, -0.15) is 0 Å². The summed E-state index contributed by atoms with van der Waals surface area (Å²) in [6, 6.07) is 3.13. The Morgan fingerprint density at radius 3 is 2.78 bits per heavy atom. The van der Waals surface area contributed by atoms with Gasteiger partial charge in [-0.1, -0.05) is 13.8 Å². The van der Waals surface area contributed by atoms with Crippen LogP contribution in [-0.4, -0.2) is 29.4 Å². The number of anilines is 1. The maximum atomic E-state index is 12.3. The topological polar surface area (TPSA) is 62.3 Å². The fraction of sp³-hybridized carbons (Fsp3) is 0.462. The Labute approximate surface area is 106 Å². The van der Waals surface area contributed by atoms with Crippen LogP contribution in [0, 0.1) is 12.8 Å². The van der Waals surface area contributed by atoms with Gasteiger partial charge in [-0.05, 0) is 25.0 Å². The van der Waals surface area contributed by atoms with Gasteiger partial charge in [0.15, 0.2) is 0 Å². The minimum atomic E-state index is -0.453. The number of carbonyl (C=O) groups is 2. The van der Waals surface area contributed by atoms with Crippen LogP contribution in [0.5, 0.6) is 0 Å². The van der Waals surface area contributed by atoms with E-state index in [9.17, 15) is 9.59 Å². The summed E-state index contributed by atoms with van der Waals surface area (Å²) in [5.41, 5.74) is 1.46. The lowest BCUT2D eigenvalue weighted by molar-refractivity contribution is -0.132. The van der Waals surface area contributed by atoms with E-state index in [1.165, 1.54) is 4.90 Å². The quantitative estimate of drug-likeness (QED) is 0.843. The second-order valence-electron chi connectivity index (χ2n) is 4.82. The highest BCUT2D eigenvalue weighted by molar-refractivity contribution is 6.06. The van der Waals surface area contributed by atoms with Crippen molar-refractivity contribution in [2.75, 3.05) is 11.4 Å². The number of amides is 2. The number of carbonyl (C=O) groups excluding carboxylic acids is 2. The standard InChI is InChI=1S/C13H17N3O2/c1-8(2)12-13(18)16(7-11(17)15-12)10-5-4-6-14-9(10)3/h4-6,8,12H,7H2,1-3H3,(H,15,17). The Hall–Kier alpha value is -1.91. The van der Waals surface area contributed by atoms with Gasteiger partial charge in [0.05, 0.1) is 11.4 Å². The number of aromatic nitrogens is 1. The fourth-order valence-corrected chi connectivity index (χ4v) is 2.09. The van der Waals surface area contributed by atoms with Crippen LogP contribution in [-0.2, 0) is 9.59 Å². The van der Waals surface area contributed by atoms with E-state index >= 15 is 0 Å². The Kier molecular flexibility index (Phi) is 3.32. The van der Waals surface area contributed by atoms with Gasteiger partial charge in [0.1, 0.15) is 12.6 Å². The zero-order valence-electron chi connectivity index (χ0n) is 10.8. The van der Waals surface area contributed by atoms with Gasteiger partial charge in [0.25, 0.3) is 0 Å². The van der Waals surface area contributed by atoms with Crippen LogP contribution in [0.2, 0.25) is 0 Å². The molecular formula is C13H17N3O2. The molecule has 1 aliphatic rings. The molecule has 0 radical (unpaired) electrons. The van der Waals surface area contributed by atoms with E-state index in [0.29, 0.717) is 5.69 Å². The molecule has 1 atom stereocenters. The van der Waals surface area contributed by atoms with Crippen molar-refractivity contribution in [3.8, 4) is 0 Å². The number of nitrogens with zero attached hydrogens (tertiary/aromatic N) is 2. The Bertz CT molecular complexity index is 485. The molecule has 5 heteroatoms. The van der Waals surface area contributed by atoms with Gasteiger partial charge in [0, 0.05) is 6.20 Å². The second kappa shape index (κ2) is 4.76. The van der Waals surface area contributed by atoms with Crippen molar-refractivity contribution >= 4 is 17.5 Å². The van der Waals surface area contributed by atoms with Crippen molar-refractivity contribution in [2.45, 2.75) is 26.8 Å². The third-order valence-electron chi connectivity index (χ3n) is 3.09. The lowest BCUT2D eigenvalue weighted by Crippen LogP contribution is -2.60. The number of pyridine rings is 1. The molecule has 0 bridgehead atoms. The van der Waals surface area contributed by atoms with E-state index in [-0.39, 0.29) is 24.3 Å². The molecule has 1 aromatic rings. The SMILES string of the molecule is Cc1ncccc1N1CC(=O)NC(C(C)C)C1=O. The van der Waals surface area contributed by atoms with E-state index in [0.717, 1.165) is 5.69 Å². The maximum Gasteiger partial charge on any atom is 0.250 e. The summed E-state index contributed by atoms with van der Waals surface area (Å²) in [5, 5.41) is 2.73. The number of hydrogen-bond donors (Lipinski definition) is 1. The number of nitrogens with one attached hydrogen (secondary N) is 1. The maximum absolute atomic E-state index is 12.3. The summed E-state index contributed by atoms with van der Waals surface area (Å²) in [7, 11) is 0. The zero-order chi connectivity index (χ0) is 13.3. The molecule has 1 saturated heterocycles. The first-order valence-corrected chi connectivity index (χ1v) is 6.03. The molecule has 96 valence electrons. The highest BCUT2D eigenvalue weighted by Gasteiger charge is 2.35. The molecule has 1 aliphatic heterocycles. The molecule has 0 saturated carbocycles. The molecular weight excluding hydrogens is 230 g/mol. The first-order chi connectivity index (χ1) is 8.50. The lowest BCUT2D eigenvalue weighted by Gasteiger charge is -2.34. The fourth-order valence-electron chi connectivity index (χ4n) is 2.09. The number of rotatable bonds is 2. The van der Waals surface area contributed by atoms with Gasteiger partial charge >= 0.3 is 0 Å². The molecule has 5 nitrogen and oxygen atoms in total. The Balaban J connectivity index is 2.35. The molecule has 2 rings (SSSR count). The largest absolute Gasteiger partial charge is 0.342 e. The number of piperazine rings is 1. The van der Waals surface area contributed by atoms with Gasteiger partial charge in [-0.3, -0.25) is 19.5 Å². The van der Waals surface area contributed by atoms with Crippen LogP contribution >= 0.6 is 0 Å². The van der Waals surface area contributed by atoms with Gasteiger partial charge in [0.2, 0.25) is 11.8 Å². The van der Waals surface area contributed by atoms with Crippen molar-refractivity contribution in [3.63, 3.8) is 0 Å². The molecule has 0 aromatic carbocycles. The Morgan fingerprint density at radius 1 is 1.44 bits per heavy atom. The van der Waals surface area contributed by atoms with Crippen LogP contribution in [0.1, 0.15) is 19.5 Å². The molecule has 18 heavy (non-hydrogen) atoms. The summed E-state index contributed by atoms with van der Waals surface area (Å²) < 4.78 is 0. The van der Waals surface area contributed by atoms with Gasteiger partial charge in [-0.15, -0.1) is 0 Å². The highest BCUT2D eigenvalue weighted by Crippen LogP contribution is 2.21. The number of hydrogen-bond acceptors (Lipinski definition) is 3. The predicted molar refractivity (Wildman–Crippen MR) is 68.1 cm³/mol. The smallest absolute Gasteiger partial charge is 0.250 e. The molecule has 1 fully saturated rings. The molecule has 2 heterocycles. The first-order valence-electron chi connectivity index (χ1n) is 6.03. The van der Waals surface area contributed by atoms with Crippen LogP contribution in [0.15, 0.2) is 18.3 Å². The van der Waals surface area contributed by atoms with Crippen LogP contribution < -0.4 is 10.2 Å². The number of aryl methyl sites for hydroxylation is 1. The minimum absolute atomic E-state index is 0.0641. The van der Waals surface area contributed by atoms with Crippen molar-refractivity contribution in [3.05, 3.63) is 24.0 Å². The van der Waals surface area contributed by atoms with Gasteiger partial charge < -0.3 is 5.32 Å². The summed E-state index contributed by atoms with van der Waals surface area (Å²) in [4.78, 5) is 29.7. The molecule has 0 aliphatic carbocycles. The third-order valence-corrected chi connectivity index (χ3v) is 3.09. The van der Waals surface area contributed by atoms with E-state index in [1.807, 2.05) is 26.8 Å². The predicted octanol–water partition coefficient (Wildman–Crippen LogP) is 0.877. The van der Waals surface area contributed by atoms with Crippen LogP contribution in [0.3, 0.4) is 0 Å². The second-order valence-corrected chi connectivity index (χ2v) is 4.82. The van der Waals surface area contributed by atoms with Crippen LogP contribution in [0.25, 0.3) is 0 Å². The van der Waals surface area contributed by atoms with Crippen molar-refractivity contribution in [1.29, 1.82) is 0 Å². The van der Waals surface area contributed by atoms with Gasteiger partial charge in [-0.25, -0.2) is 0 Å². The minimum Gasteiger partial charge on any atom is -0.342 e. The monoisotopic (exact) mass is 247 g/mol. The van der Waals surface area contributed by atoms with E-state index in [1.54, 1.807) is 12.3 Å². The summed E-state index contributed by atoms with van der Waals surface area (Å²) in [6.45, 7) is 5.74. The van der Waals surface area contributed by atoms with E-state index < -0.39 is 6.04 Å². The average Bonchev–Trinajstić information content (AvgIpc) is 2.32. The summed E-state index contributed by atoms with van der Waals surface area (Å²) in [5.74, 6) is -0.126. The van der Waals surface area contributed by atoms with Crippen LogP contribution in [0.4, 0.5) is 5.69 Å². The van der Waals surface area contributed by atoms with E-state index in [2.05, 4.69) is 10.3 Å². The molecule has 1 unspecified atom stereocenters. The normalized spacial score (nSPS) is 20.2. The third kappa shape index (κ3) is 2.20. The molecule has 1 N–H and O–H groups in total.